The number of carbonyl (C=O) groups excluding carboxylic acids is 2. The summed E-state index contributed by atoms with van der Waals surface area (Å²) in [6.07, 6.45) is -3.92. The number of amides is 1. The van der Waals surface area contributed by atoms with Gasteiger partial charge >= 0.3 is 12.1 Å². The van der Waals surface area contributed by atoms with Gasteiger partial charge in [-0.1, -0.05) is 0 Å². The van der Waals surface area contributed by atoms with Gasteiger partial charge in [0, 0.05) is 11.8 Å². The number of methoxy groups -OCH3 is 1. The molecule has 1 aromatic carbocycles. The van der Waals surface area contributed by atoms with Crippen LogP contribution in [0.4, 0.5) is 13.2 Å². The monoisotopic (exact) mass is 380 g/mol. The van der Waals surface area contributed by atoms with Gasteiger partial charge in [0.25, 0.3) is 5.91 Å². The summed E-state index contributed by atoms with van der Waals surface area (Å²) in [5.74, 6) is -1.31. The number of hydrogen-bond donors (Lipinski definition) is 0. The van der Waals surface area contributed by atoms with Crippen LogP contribution in [-0.2, 0) is 10.9 Å². The van der Waals surface area contributed by atoms with Crippen LogP contribution in [0, 0.1) is 0 Å². The number of alkyl halides is 3. The molecule has 0 radical (unpaired) electrons. The molecule has 9 heteroatoms. The number of nitrogens with zero attached hydrogens (tertiary/aromatic N) is 2. The quantitative estimate of drug-likeness (QED) is 0.763. The molecule has 0 spiro atoms. The molecule has 1 fully saturated rings. The Bertz CT molecular complexity index is 846. The zero-order valence-electron chi connectivity index (χ0n) is 14.2. The van der Waals surface area contributed by atoms with E-state index in [0.717, 1.165) is 6.07 Å². The minimum absolute atomic E-state index is 0.144. The van der Waals surface area contributed by atoms with Crippen LogP contribution in [0.2, 0.25) is 0 Å². The van der Waals surface area contributed by atoms with Gasteiger partial charge in [0.2, 0.25) is 5.88 Å². The molecule has 1 aliphatic heterocycles. The predicted octanol–water partition coefficient (Wildman–Crippen LogP) is 2.79. The highest BCUT2D eigenvalue weighted by atomic mass is 19.4. The fourth-order valence-electron chi connectivity index (χ4n) is 2.59. The lowest BCUT2D eigenvalue weighted by Crippen LogP contribution is -2.56. The van der Waals surface area contributed by atoms with Crippen LogP contribution in [-0.4, -0.2) is 48.1 Å². The Morgan fingerprint density at radius 3 is 2.33 bits per heavy atom. The van der Waals surface area contributed by atoms with E-state index in [1.54, 1.807) is 0 Å². The van der Waals surface area contributed by atoms with E-state index in [-0.39, 0.29) is 19.0 Å². The van der Waals surface area contributed by atoms with Crippen molar-refractivity contribution in [1.82, 2.24) is 9.88 Å². The molecular formula is C18H15F3N2O4. The Balaban J connectivity index is 1.60. The van der Waals surface area contributed by atoms with Crippen molar-refractivity contribution in [3.05, 3.63) is 59.3 Å². The predicted molar refractivity (Wildman–Crippen MR) is 87.3 cm³/mol. The van der Waals surface area contributed by atoms with Crippen LogP contribution in [0.25, 0.3) is 0 Å². The van der Waals surface area contributed by atoms with E-state index in [1.165, 1.54) is 48.5 Å². The van der Waals surface area contributed by atoms with E-state index in [0.29, 0.717) is 11.1 Å². The zero-order chi connectivity index (χ0) is 19.6. The first-order valence-electron chi connectivity index (χ1n) is 7.96. The average molecular weight is 380 g/mol. The van der Waals surface area contributed by atoms with Crippen molar-refractivity contribution in [2.24, 2.45) is 0 Å². The van der Waals surface area contributed by atoms with Crippen molar-refractivity contribution in [1.29, 1.82) is 0 Å². The van der Waals surface area contributed by atoms with Gasteiger partial charge in [0.15, 0.2) is 0 Å². The first kappa shape index (κ1) is 18.7. The third kappa shape index (κ3) is 4.02. The normalized spacial score (nSPS) is 14.4. The number of halogens is 3. The van der Waals surface area contributed by atoms with Crippen molar-refractivity contribution < 1.29 is 32.2 Å². The number of pyridine rings is 1. The molecule has 1 aliphatic rings. The van der Waals surface area contributed by atoms with Gasteiger partial charge in [0.05, 0.1) is 25.8 Å². The maximum absolute atomic E-state index is 12.9. The van der Waals surface area contributed by atoms with E-state index in [9.17, 15) is 22.8 Å². The van der Waals surface area contributed by atoms with Crippen molar-refractivity contribution in [2.45, 2.75) is 12.3 Å². The summed E-state index contributed by atoms with van der Waals surface area (Å²) in [4.78, 5) is 28.8. The summed E-state index contributed by atoms with van der Waals surface area (Å²) in [5, 5.41) is 0. The van der Waals surface area contributed by atoms with Crippen LogP contribution in [0.3, 0.4) is 0 Å². The number of esters is 1. The molecule has 0 unspecified atom stereocenters. The van der Waals surface area contributed by atoms with Gasteiger partial charge in [-0.2, -0.15) is 13.2 Å². The van der Waals surface area contributed by atoms with Crippen LogP contribution in [0.5, 0.6) is 5.88 Å². The average Bonchev–Trinajstić information content (AvgIpc) is 2.63. The summed E-state index contributed by atoms with van der Waals surface area (Å²) >= 11 is 0. The van der Waals surface area contributed by atoms with Gasteiger partial charge in [-0.3, -0.25) is 4.79 Å². The molecule has 142 valence electrons. The summed E-state index contributed by atoms with van der Waals surface area (Å²) in [6, 6.07) is 8.00. The van der Waals surface area contributed by atoms with Gasteiger partial charge in [0.1, 0.15) is 11.7 Å². The molecule has 2 aromatic rings. The Morgan fingerprint density at radius 2 is 1.74 bits per heavy atom. The van der Waals surface area contributed by atoms with E-state index in [4.69, 9.17) is 4.74 Å². The standard InChI is InChI=1S/C18H15F3N2O4/c1-26-17(25)12-6-4-11(5-7-12)16(24)23-9-13(10-23)27-15-14(18(19,20)21)3-2-8-22-15/h2-8,13H,9-10H2,1H3. The molecule has 0 aliphatic carbocycles. The number of aromatic nitrogens is 1. The summed E-state index contributed by atoms with van der Waals surface area (Å²) in [7, 11) is 1.26. The number of benzene rings is 1. The Morgan fingerprint density at radius 1 is 1.11 bits per heavy atom. The molecule has 1 aromatic heterocycles. The third-order valence-electron chi connectivity index (χ3n) is 4.04. The number of ether oxygens (including phenoxy) is 2. The highest BCUT2D eigenvalue weighted by molar-refractivity contribution is 5.96. The van der Waals surface area contributed by atoms with Gasteiger partial charge < -0.3 is 14.4 Å². The minimum atomic E-state index is -4.57. The lowest BCUT2D eigenvalue weighted by Gasteiger charge is -2.39. The molecule has 0 atom stereocenters. The molecule has 3 rings (SSSR count). The van der Waals surface area contributed by atoms with Crippen molar-refractivity contribution >= 4 is 11.9 Å². The molecule has 0 saturated carbocycles. The number of hydrogen-bond acceptors (Lipinski definition) is 5. The fraction of sp³-hybridized carbons (Fsp3) is 0.278. The van der Waals surface area contributed by atoms with Gasteiger partial charge in [-0.05, 0) is 36.4 Å². The number of rotatable bonds is 4. The van der Waals surface area contributed by atoms with Crippen LogP contribution < -0.4 is 4.74 Å². The fourth-order valence-corrected chi connectivity index (χ4v) is 2.59. The van der Waals surface area contributed by atoms with Crippen molar-refractivity contribution in [3.63, 3.8) is 0 Å². The second-order valence-electron chi connectivity index (χ2n) is 5.87. The van der Waals surface area contributed by atoms with Crippen LogP contribution in [0.1, 0.15) is 26.3 Å². The topological polar surface area (TPSA) is 68.7 Å². The second kappa shape index (κ2) is 7.26. The lowest BCUT2D eigenvalue weighted by molar-refractivity contribution is -0.140. The van der Waals surface area contributed by atoms with E-state index in [1.807, 2.05) is 0 Å². The second-order valence-corrected chi connectivity index (χ2v) is 5.87. The minimum Gasteiger partial charge on any atom is -0.470 e. The molecule has 2 heterocycles. The largest absolute Gasteiger partial charge is 0.470 e. The van der Waals surface area contributed by atoms with E-state index in [2.05, 4.69) is 9.72 Å². The Labute approximate surface area is 152 Å². The molecule has 0 N–H and O–H groups in total. The Hall–Kier alpha value is -3.10. The first-order valence-corrected chi connectivity index (χ1v) is 7.96. The number of carbonyl (C=O) groups is 2. The molecule has 1 saturated heterocycles. The third-order valence-corrected chi connectivity index (χ3v) is 4.04. The van der Waals surface area contributed by atoms with Crippen LogP contribution in [0.15, 0.2) is 42.6 Å². The lowest BCUT2D eigenvalue weighted by atomic mass is 10.1. The van der Waals surface area contributed by atoms with Gasteiger partial charge in [-0.15, -0.1) is 0 Å². The van der Waals surface area contributed by atoms with Gasteiger partial charge in [-0.25, -0.2) is 9.78 Å². The summed E-state index contributed by atoms with van der Waals surface area (Å²) < 4.78 is 48.7. The van der Waals surface area contributed by atoms with E-state index < -0.39 is 29.7 Å². The highest BCUT2D eigenvalue weighted by Crippen LogP contribution is 2.35. The maximum Gasteiger partial charge on any atom is 0.421 e. The summed E-state index contributed by atoms with van der Waals surface area (Å²) in [6.45, 7) is 0.289. The highest BCUT2D eigenvalue weighted by Gasteiger charge is 2.38. The zero-order valence-corrected chi connectivity index (χ0v) is 14.2. The first-order chi connectivity index (χ1) is 12.8. The smallest absolute Gasteiger partial charge is 0.421 e. The maximum atomic E-state index is 12.9. The molecule has 1 amide bonds. The molecular weight excluding hydrogens is 365 g/mol. The van der Waals surface area contributed by atoms with E-state index >= 15 is 0 Å². The SMILES string of the molecule is COC(=O)c1ccc(C(=O)N2CC(Oc3ncccc3C(F)(F)F)C2)cc1. The summed E-state index contributed by atoms with van der Waals surface area (Å²) in [5.41, 5.74) is -0.281. The molecule has 27 heavy (non-hydrogen) atoms. The molecule has 6 nitrogen and oxygen atoms in total. The van der Waals surface area contributed by atoms with Crippen molar-refractivity contribution in [3.8, 4) is 5.88 Å². The number of likely N-dealkylation sites (tertiary alicyclic amines) is 1. The molecule has 0 bridgehead atoms. The Kier molecular flexibility index (Phi) is 5.02. The van der Waals surface area contributed by atoms with Crippen molar-refractivity contribution in [2.75, 3.05) is 20.2 Å². The van der Waals surface area contributed by atoms with Crippen LogP contribution >= 0.6 is 0 Å².